The molecule has 0 unspecified atom stereocenters. The summed E-state index contributed by atoms with van der Waals surface area (Å²) in [6.45, 7) is 7.58. The van der Waals surface area contributed by atoms with Gasteiger partial charge in [-0.25, -0.2) is 0 Å². The summed E-state index contributed by atoms with van der Waals surface area (Å²) in [4.78, 5) is 0. The summed E-state index contributed by atoms with van der Waals surface area (Å²) >= 11 is 1.71. The minimum atomic E-state index is 0.297. The molecule has 0 spiro atoms. The molecule has 14 heavy (non-hydrogen) atoms. The molecule has 1 aliphatic carbocycles. The second kappa shape index (κ2) is 3.50. The van der Waals surface area contributed by atoms with Gasteiger partial charge in [0.15, 0.2) is 0 Å². The summed E-state index contributed by atoms with van der Waals surface area (Å²) in [5.41, 5.74) is 0.297. The van der Waals surface area contributed by atoms with Gasteiger partial charge in [-0.3, -0.25) is 0 Å². The third kappa shape index (κ3) is 2.67. The molecule has 1 aliphatic rings. The van der Waals surface area contributed by atoms with E-state index in [9.17, 15) is 0 Å². The summed E-state index contributed by atoms with van der Waals surface area (Å²) in [6, 6.07) is 0. The summed E-state index contributed by atoms with van der Waals surface area (Å²) < 4.78 is 0. The number of hydrogen-bond donors (Lipinski definition) is 1. The molecule has 1 heterocycles. The van der Waals surface area contributed by atoms with Gasteiger partial charge in [0.2, 0.25) is 5.13 Å². The van der Waals surface area contributed by atoms with Gasteiger partial charge < -0.3 is 5.32 Å². The van der Waals surface area contributed by atoms with E-state index in [1.54, 1.807) is 11.3 Å². The Hall–Kier alpha value is -0.640. The van der Waals surface area contributed by atoms with Crippen LogP contribution in [-0.2, 0) is 0 Å². The van der Waals surface area contributed by atoms with Crippen molar-refractivity contribution in [1.82, 2.24) is 10.2 Å². The van der Waals surface area contributed by atoms with Crippen molar-refractivity contribution in [2.45, 2.75) is 39.5 Å². The van der Waals surface area contributed by atoms with Crippen LogP contribution in [0.2, 0.25) is 0 Å². The molecule has 0 saturated heterocycles. The number of nitrogens with one attached hydrogen (secondary N) is 1. The van der Waals surface area contributed by atoms with Gasteiger partial charge in [-0.2, -0.15) is 0 Å². The Balaban J connectivity index is 1.90. The minimum absolute atomic E-state index is 0.297. The van der Waals surface area contributed by atoms with Gasteiger partial charge in [-0.15, -0.1) is 10.2 Å². The Kier molecular flexibility index (Phi) is 2.47. The fourth-order valence-electron chi connectivity index (χ4n) is 1.14. The lowest BCUT2D eigenvalue weighted by molar-refractivity contribution is 0.443. The van der Waals surface area contributed by atoms with E-state index in [1.807, 2.05) is 0 Å². The zero-order valence-electron chi connectivity index (χ0n) is 9.00. The lowest BCUT2D eigenvalue weighted by Crippen LogP contribution is -2.18. The number of aromatic nitrogens is 2. The predicted molar refractivity (Wildman–Crippen MR) is 59.8 cm³/mol. The highest BCUT2D eigenvalue weighted by Crippen LogP contribution is 2.42. The van der Waals surface area contributed by atoms with Crippen LogP contribution < -0.4 is 5.32 Å². The van der Waals surface area contributed by atoms with E-state index in [4.69, 9.17) is 0 Å². The first kappa shape index (κ1) is 9.90. The average Bonchev–Trinajstić information content (AvgIpc) is 2.81. The van der Waals surface area contributed by atoms with Gasteiger partial charge in [0.25, 0.3) is 0 Å². The zero-order chi connectivity index (χ0) is 10.2. The van der Waals surface area contributed by atoms with Crippen LogP contribution in [0.5, 0.6) is 0 Å². The van der Waals surface area contributed by atoms with Crippen molar-refractivity contribution < 1.29 is 0 Å². The summed E-state index contributed by atoms with van der Waals surface area (Å²) in [6.07, 6.45) is 2.60. The van der Waals surface area contributed by atoms with Crippen molar-refractivity contribution >= 4 is 16.5 Å². The molecule has 4 heteroatoms. The van der Waals surface area contributed by atoms with Crippen LogP contribution in [-0.4, -0.2) is 16.7 Å². The van der Waals surface area contributed by atoms with Crippen LogP contribution in [0.25, 0.3) is 0 Å². The molecule has 1 saturated carbocycles. The smallest absolute Gasteiger partial charge is 0.205 e. The molecule has 2 rings (SSSR count). The summed E-state index contributed by atoms with van der Waals surface area (Å²) in [5, 5.41) is 13.8. The zero-order valence-corrected chi connectivity index (χ0v) is 9.82. The lowest BCUT2D eigenvalue weighted by Gasteiger charge is -2.17. The van der Waals surface area contributed by atoms with E-state index in [2.05, 4.69) is 36.3 Å². The minimum Gasteiger partial charge on any atom is -0.360 e. The highest BCUT2D eigenvalue weighted by atomic mass is 32.1. The van der Waals surface area contributed by atoms with Crippen molar-refractivity contribution in [1.29, 1.82) is 0 Å². The highest BCUT2D eigenvalue weighted by molar-refractivity contribution is 7.15. The Bertz CT molecular complexity index is 309. The van der Waals surface area contributed by atoms with E-state index < -0.39 is 0 Å². The lowest BCUT2D eigenvalue weighted by atomic mass is 9.97. The molecule has 78 valence electrons. The van der Waals surface area contributed by atoms with Crippen LogP contribution in [0.3, 0.4) is 0 Å². The number of anilines is 1. The molecule has 0 aromatic carbocycles. The van der Waals surface area contributed by atoms with E-state index in [0.717, 1.165) is 17.6 Å². The van der Waals surface area contributed by atoms with Crippen LogP contribution >= 0.6 is 11.3 Å². The second-order valence-electron chi connectivity index (χ2n) is 5.13. The van der Waals surface area contributed by atoms with Gasteiger partial charge in [-0.1, -0.05) is 32.1 Å². The molecule has 0 atom stereocenters. The van der Waals surface area contributed by atoms with Crippen LogP contribution in [0.1, 0.15) is 44.5 Å². The van der Waals surface area contributed by atoms with E-state index in [1.165, 1.54) is 17.8 Å². The average molecular weight is 211 g/mol. The molecule has 0 bridgehead atoms. The van der Waals surface area contributed by atoms with Gasteiger partial charge in [0.1, 0.15) is 5.01 Å². The SMILES string of the molecule is CC(C)(C)CNc1nnc(C2CC2)s1. The molecule has 1 N–H and O–H groups in total. The highest BCUT2D eigenvalue weighted by Gasteiger charge is 2.27. The second-order valence-corrected chi connectivity index (χ2v) is 6.14. The predicted octanol–water partition coefficient (Wildman–Crippen LogP) is 2.87. The third-order valence-electron chi connectivity index (χ3n) is 2.14. The number of hydrogen-bond acceptors (Lipinski definition) is 4. The van der Waals surface area contributed by atoms with Gasteiger partial charge in [0, 0.05) is 12.5 Å². The third-order valence-corrected chi connectivity index (χ3v) is 3.18. The maximum atomic E-state index is 4.18. The molecule has 1 aromatic heterocycles. The van der Waals surface area contributed by atoms with Crippen molar-refractivity contribution in [2.75, 3.05) is 11.9 Å². The molecule has 1 fully saturated rings. The van der Waals surface area contributed by atoms with Crippen LogP contribution in [0, 0.1) is 5.41 Å². The standard InChI is InChI=1S/C10H17N3S/c1-10(2,3)6-11-9-13-12-8(14-9)7-4-5-7/h7H,4-6H2,1-3H3,(H,11,13). The van der Waals surface area contributed by atoms with Crippen LogP contribution in [0.15, 0.2) is 0 Å². The van der Waals surface area contributed by atoms with Gasteiger partial charge >= 0.3 is 0 Å². The van der Waals surface area contributed by atoms with Gasteiger partial charge in [-0.05, 0) is 18.3 Å². The molecule has 1 aromatic rings. The van der Waals surface area contributed by atoms with Crippen molar-refractivity contribution in [2.24, 2.45) is 5.41 Å². The Morgan fingerprint density at radius 3 is 2.64 bits per heavy atom. The van der Waals surface area contributed by atoms with E-state index in [0.29, 0.717) is 5.41 Å². The molecule has 0 radical (unpaired) electrons. The van der Waals surface area contributed by atoms with Crippen molar-refractivity contribution in [3.63, 3.8) is 0 Å². The molecule has 3 nitrogen and oxygen atoms in total. The molecule has 0 aliphatic heterocycles. The largest absolute Gasteiger partial charge is 0.360 e. The van der Waals surface area contributed by atoms with Crippen molar-refractivity contribution in [3.05, 3.63) is 5.01 Å². The monoisotopic (exact) mass is 211 g/mol. The molecular formula is C10H17N3S. The quantitative estimate of drug-likeness (QED) is 0.835. The Morgan fingerprint density at radius 2 is 2.07 bits per heavy atom. The normalized spacial score (nSPS) is 17.1. The van der Waals surface area contributed by atoms with Gasteiger partial charge in [0.05, 0.1) is 0 Å². The first-order chi connectivity index (χ1) is 6.54. The number of nitrogens with zero attached hydrogens (tertiary/aromatic N) is 2. The van der Waals surface area contributed by atoms with E-state index in [-0.39, 0.29) is 0 Å². The first-order valence-corrected chi connectivity index (χ1v) is 5.93. The summed E-state index contributed by atoms with van der Waals surface area (Å²) in [7, 11) is 0. The fourth-order valence-corrected chi connectivity index (χ4v) is 2.05. The topological polar surface area (TPSA) is 37.8 Å². The first-order valence-electron chi connectivity index (χ1n) is 5.12. The Labute approximate surface area is 88.9 Å². The maximum Gasteiger partial charge on any atom is 0.205 e. The Morgan fingerprint density at radius 1 is 1.36 bits per heavy atom. The maximum absolute atomic E-state index is 4.18. The summed E-state index contributed by atoms with van der Waals surface area (Å²) in [5.74, 6) is 0.720. The van der Waals surface area contributed by atoms with Crippen molar-refractivity contribution in [3.8, 4) is 0 Å². The molecule has 0 amide bonds. The molecular weight excluding hydrogens is 194 g/mol. The fraction of sp³-hybridized carbons (Fsp3) is 0.800. The van der Waals surface area contributed by atoms with E-state index >= 15 is 0 Å². The number of rotatable bonds is 3. The van der Waals surface area contributed by atoms with Crippen LogP contribution in [0.4, 0.5) is 5.13 Å².